The zero-order valence-electron chi connectivity index (χ0n) is 17.4. The van der Waals surface area contributed by atoms with E-state index in [0.717, 1.165) is 23.3 Å². The number of nitrogens with zero attached hydrogens (tertiary/aromatic N) is 1. The summed E-state index contributed by atoms with van der Waals surface area (Å²) in [6, 6.07) is 0. The van der Waals surface area contributed by atoms with Gasteiger partial charge in [-0.1, -0.05) is 34.6 Å². The largest absolute Gasteiger partial charge is 0.338 e. The maximum atomic E-state index is 13.5. The summed E-state index contributed by atoms with van der Waals surface area (Å²) in [5, 5.41) is 3.53. The monoisotopic (exact) mass is 412 g/mol. The Bertz CT molecular complexity index is 783. The molecule has 0 aromatic carbocycles. The summed E-state index contributed by atoms with van der Waals surface area (Å²) < 4.78 is 27.1. The molecule has 1 aliphatic carbocycles. The second kappa shape index (κ2) is 7.08. The van der Waals surface area contributed by atoms with Crippen molar-refractivity contribution in [2.24, 2.45) is 5.41 Å². The Morgan fingerprint density at radius 1 is 1.14 bits per heavy atom. The number of hydrogen-bond donors (Lipinski definition) is 1. The molecule has 1 N–H and O–H groups in total. The number of halogens is 2. The number of fused-ring (bicyclic) bond motifs is 1. The number of nitrogens with one attached hydrogen (secondary N) is 1. The van der Waals surface area contributed by atoms with Crippen LogP contribution in [0.2, 0.25) is 0 Å². The summed E-state index contributed by atoms with van der Waals surface area (Å²) in [5.41, 5.74) is 1.19. The topological polar surface area (TPSA) is 49.4 Å². The summed E-state index contributed by atoms with van der Waals surface area (Å²) >= 11 is 1.47. The fraction of sp³-hybridized carbons (Fsp3) is 0.714. The molecule has 0 atom stereocenters. The average molecular weight is 413 g/mol. The van der Waals surface area contributed by atoms with Gasteiger partial charge in [-0.05, 0) is 29.2 Å². The minimum atomic E-state index is -2.70. The Hall–Kier alpha value is -1.50. The van der Waals surface area contributed by atoms with Gasteiger partial charge < -0.3 is 10.2 Å². The van der Waals surface area contributed by atoms with Crippen LogP contribution in [0.3, 0.4) is 0 Å². The molecular weight excluding hydrogens is 382 g/mol. The molecule has 0 radical (unpaired) electrons. The number of thiophene rings is 1. The number of hydrogen-bond acceptors (Lipinski definition) is 3. The van der Waals surface area contributed by atoms with Crippen LogP contribution < -0.4 is 5.32 Å². The normalized spacial score (nSPS) is 20.8. The van der Waals surface area contributed by atoms with E-state index < -0.39 is 5.92 Å². The minimum Gasteiger partial charge on any atom is -0.338 e. The fourth-order valence-electron chi connectivity index (χ4n) is 4.06. The fourth-order valence-corrected chi connectivity index (χ4v) is 5.45. The van der Waals surface area contributed by atoms with Crippen molar-refractivity contribution in [1.29, 1.82) is 0 Å². The molecule has 156 valence electrons. The van der Waals surface area contributed by atoms with E-state index in [-0.39, 0.29) is 48.6 Å². The van der Waals surface area contributed by atoms with Gasteiger partial charge in [0.2, 0.25) is 5.91 Å². The van der Waals surface area contributed by atoms with Crippen LogP contribution in [0.4, 0.5) is 13.8 Å². The van der Waals surface area contributed by atoms with Crippen molar-refractivity contribution >= 4 is 28.2 Å². The quantitative estimate of drug-likeness (QED) is 0.740. The second-order valence-corrected chi connectivity index (χ2v) is 11.0. The minimum absolute atomic E-state index is 0.0479. The molecule has 28 heavy (non-hydrogen) atoms. The third-order valence-electron chi connectivity index (χ3n) is 5.57. The van der Waals surface area contributed by atoms with E-state index in [9.17, 15) is 18.4 Å². The number of likely N-dealkylation sites (tertiary alicyclic amines) is 1. The van der Waals surface area contributed by atoms with Crippen LogP contribution in [0.25, 0.3) is 0 Å². The highest BCUT2D eigenvalue weighted by molar-refractivity contribution is 7.17. The molecule has 0 saturated carbocycles. The van der Waals surface area contributed by atoms with Crippen molar-refractivity contribution in [1.82, 2.24) is 4.90 Å². The molecule has 7 heteroatoms. The lowest BCUT2D eigenvalue weighted by Gasteiger charge is -2.33. The summed E-state index contributed by atoms with van der Waals surface area (Å²) in [5.74, 6) is -3.05. The van der Waals surface area contributed by atoms with E-state index >= 15 is 0 Å². The van der Waals surface area contributed by atoms with E-state index in [2.05, 4.69) is 19.2 Å². The molecule has 1 fully saturated rings. The van der Waals surface area contributed by atoms with E-state index in [0.29, 0.717) is 17.0 Å². The van der Waals surface area contributed by atoms with Crippen LogP contribution in [0.15, 0.2) is 0 Å². The van der Waals surface area contributed by atoms with Crippen molar-refractivity contribution in [2.45, 2.75) is 78.1 Å². The van der Waals surface area contributed by atoms with Crippen LogP contribution in [-0.2, 0) is 16.6 Å². The van der Waals surface area contributed by atoms with E-state index in [4.69, 9.17) is 0 Å². The molecule has 2 aliphatic rings. The molecule has 2 heterocycles. The first kappa shape index (κ1) is 21.2. The number of carbonyl (C=O) groups is 2. The van der Waals surface area contributed by atoms with Crippen molar-refractivity contribution in [2.75, 3.05) is 18.4 Å². The molecule has 4 nitrogen and oxygen atoms in total. The third-order valence-corrected chi connectivity index (χ3v) is 6.74. The molecule has 0 spiro atoms. The predicted molar refractivity (Wildman–Crippen MR) is 108 cm³/mol. The number of carbonyl (C=O) groups excluding carboxylic acids is 2. The Morgan fingerprint density at radius 3 is 2.32 bits per heavy atom. The number of amides is 2. The second-order valence-electron chi connectivity index (χ2n) is 9.92. The Kier molecular flexibility index (Phi) is 5.36. The summed E-state index contributed by atoms with van der Waals surface area (Å²) in [7, 11) is 0. The molecule has 0 unspecified atom stereocenters. The Labute approximate surface area is 169 Å². The molecule has 1 aliphatic heterocycles. The lowest BCUT2D eigenvalue weighted by molar-refractivity contribution is -0.117. The molecule has 2 amide bonds. The smallest absolute Gasteiger partial charge is 0.257 e. The van der Waals surface area contributed by atoms with E-state index in [1.54, 1.807) is 0 Å². The van der Waals surface area contributed by atoms with E-state index in [1.165, 1.54) is 16.2 Å². The molecule has 1 aromatic heterocycles. The first-order valence-electron chi connectivity index (χ1n) is 9.92. The lowest BCUT2D eigenvalue weighted by atomic mass is 9.84. The van der Waals surface area contributed by atoms with Crippen LogP contribution in [0, 0.1) is 5.41 Å². The summed E-state index contributed by atoms with van der Waals surface area (Å²) in [4.78, 5) is 28.5. The van der Waals surface area contributed by atoms with Crippen LogP contribution >= 0.6 is 11.3 Å². The standard InChI is InChI=1S/C21H30F2N2O2S/c1-19(2,3)12-14(26)24-17-15(16-13(28-17)6-7-20(16,4)5)18(27)25-10-8-21(22,23)9-11-25/h6-12H2,1-5H3,(H,24,26). The highest BCUT2D eigenvalue weighted by atomic mass is 32.1. The Morgan fingerprint density at radius 2 is 1.75 bits per heavy atom. The van der Waals surface area contributed by atoms with Gasteiger partial charge in [0.15, 0.2) is 0 Å². The van der Waals surface area contributed by atoms with Crippen LogP contribution in [-0.4, -0.2) is 35.7 Å². The van der Waals surface area contributed by atoms with Gasteiger partial charge in [0.1, 0.15) is 5.00 Å². The maximum Gasteiger partial charge on any atom is 0.257 e. The van der Waals surface area contributed by atoms with Crippen LogP contribution in [0.1, 0.15) is 81.1 Å². The van der Waals surface area contributed by atoms with Crippen LogP contribution in [0.5, 0.6) is 0 Å². The third kappa shape index (κ3) is 4.39. The first-order chi connectivity index (χ1) is 12.8. The number of piperidine rings is 1. The zero-order valence-corrected chi connectivity index (χ0v) is 18.2. The lowest BCUT2D eigenvalue weighted by Crippen LogP contribution is -2.43. The van der Waals surface area contributed by atoms with Gasteiger partial charge in [-0.25, -0.2) is 8.78 Å². The molecule has 0 bridgehead atoms. The van der Waals surface area contributed by atoms with Gasteiger partial charge in [-0.2, -0.15) is 0 Å². The SMILES string of the molecule is CC(C)(C)CC(=O)Nc1sc2c(c1C(=O)N1CCC(F)(F)CC1)C(C)(C)CC2. The van der Waals surface area contributed by atoms with Crippen molar-refractivity contribution in [3.05, 3.63) is 16.0 Å². The molecular formula is C21H30F2N2O2S. The van der Waals surface area contributed by atoms with Gasteiger partial charge >= 0.3 is 0 Å². The van der Waals surface area contributed by atoms with Crippen molar-refractivity contribution in [3.8, 4) is 0 Å². The highest BCUT2D eigenvalue weighted by Gasteiger charge is 2.42. The van der Waals surface area contributed by atoms with Crippen molar-refractivity contribution < 1.29 is 18.4 Å². The van der Waals surface area contributed by atoms with Gasteiger partial charge in [-0.3, -0.25) is 9.59 Å². The van der Waals surface area contributed by atoms with Crippen molar-refractivity contribution in [3.63, 3.8) is 0 Å². The highest BCUT2D eigenvalue weighted by Crippen LogP contribution is 2.49. The Balaban J connectivity index is 1.92. The molecule has 1 saturated heterocycles. The van der Waals surface area contributed by atoms with E-state index in [1.807, 2.05) is 20.8 Å². The number of anilines is 1. The zero-order chi connectivity index (χ0) is 20.9. The predicted octanol–water partition coefficient (Wildman–Crippen LogP) is 5.22. The number of rotatable bonds is 3. The average Bonchev–Trinajstić information content (AvgIpc) is 3.02. The number of aryl methyl sites for hydroxylation is 1. The maximum absolute atomic E-state index is 13.5. The number of alkyl halides is 2. The van der Waals surface area contributed by atoms with Gasteiger partial charge in [-0.15, -0.1) is 11.3 Å². The van der Waals surface area contributed by atoms with Gasteiger partial charge in [0.05, 0.1) is 5.56 Å². The summed E-state index contributed by atoms with van der Waals surface area (Å²) in [6.07, 6.45) is 1.56. The molecule has 3 rings (SSSR count). The van der Waals surface area contributed by atoms with Gasteiger partial charge in [0, 0.05) is 37.2 Å². The molecule has 1 aromatic rings. The summed E-state index contributed by atoms with van der Waals surface area (Å²) in [6.45, 7) is 10.3. The first-order valence-corrected chi connectivity index (χ1v) is 10.7. The van der Waals surface area contributed by atoms with Gasteiger partial charge in [0.25, 0.3) is 11.8 Å².